The first-order valence-corrected chi connectivity index (χ1v) is 17.4. The molecule has 0 radical (unpaired) electrons. The Morgan fingerprint density at radius 1 is 0.420 bits per heavy atom. The van der Waals surface area contributed by atoms with E-state index in [0.29, 0.717) is 11.6 Å². The van der Waals surface area contributed by atoms with Crippen LogP contribution in [0.2, 0.25) is 0 Å². The molecule has 4 heteroatoms. The Labute approximate surface area is 298 Å². The van der Waals surface area contributed by atoms with Crippen molar-refractivity contribution in [3.8, 4) is 45.3 Å². The van der Waals surface area contributed by atoms with Crippen LogP contribution in [0, 0.1) is 6.92 Å². The Kier molecular flexibility index (Phi) is 5.68. The van der Waals surface area contributed by atoms with E-state index in [1.807, 2.05) is 42.5 Å². The summed E-state index contributed by atoms with van der Waals surface area (Å²) in [7, 11) is 0. The van der Waals surface area contributed by atoms with Crippen LogP contribution in [0.3, 0.4) is 0 Å². The van der Waals surface area contributed by atoms with E-state index >= 15 is 0 Å². The maximum Gasteiger partial charge on any atom is 0.165 e. The van der Waals surface area contributed by atoms with Crippen molar-refractivity contribution in [3.63, 3.8) is 0 Å². The second-order valence-corrected chi connectivity index (χ2v) is 13.6. The van der Waals surface area contributed by atoms with Crippen LogP contribution in [0.5, 0.6) is 0 Å². The molecule has 0 saturated carbocycles. The van der Waals surface area contributed by atoms with Gasteiger partial charge in [-0.15, -0.1) is 11.3 Å². The van der Waals surface area contributed by atoms with Crippen molar-refractivity contribution < 1.29 is 5.48 Å². The molecule has 0 spiro atoms. The molecule has 10 rings (SSSR count). The van der Waals surface area contributed by atoms with Gasteiger partial charge in [-0.1, -0.05) is 139 Å². The summed E-state index contributed by atoms with van der Waals surface area (Å²) < 4.78 is 36.7. The van der Waals surface area contributed by atoms with E-state index in [1.54, 1.807) is 18.3 Å². The first-order valence-electron chi connectivity index (χ1n) is 18.5. The Morgan fingerprint density at radius 3 is 1.66 bits per heavy atom. The van der Waals surface area contributed by atoms with Crippen molar-refractivity contribution in [2.75, 3.05) is 0 Å². The lowest BCUT2D eigenvalue weighted by Crippen LogP contribution is -2.00. The lowest BCUT2D eigenvalue weighted by Gasteiger charge is -2.12. The van der Waals surface area contributed by atoms with Crippen LogP contribution in [0.25, 0.3) is 97.8 Å². The van der Waals surface area contributed by atoms with Crippen LogP contribution in [-0.4, -0.2) is 15.0 Å². The number of fused-ring (bicyclic) bond motifs is 9. The molecule has 0 N–H and O–H groups in total. The summed E-state index contributed by atoms with van der Waals surface area (Å²) in [6.07, 6.45) is 0. The number of benzene rings is 8. The number of thiophene rings is 1. The van der Waals surface area contributed by atoms with Gasteiger partial charge in [-0.25, -0.2) is 15.0 Å². The molecule has 2 heterocycles. The zero-order valence-corrected chi connectivity index (χ0v) is 27.8. The highest BCUT2D eigenvalue weighted by atomic mass is 32.1. The van der Waals surface area contributed by atoms with E-state index in [9.17, 15) is 0 Å². The van der Waals surface area contributed by atoms with Crippen LogP contribution in [-0.2, 0) is 0 Å². The van der Waals surface area contributed by atoms with Gasteiger partial charge in [0.25, 0.3) is 0 Å². The maximum absolute atomic E-state index is 8.79. The van der Waals surface area contributed by atoms with E-state index in [2.05, 4.69) is 91.0 Å². The minimum Gasteiger partial charge on any atom is -0.208 e. The molecule has 0 aliphatic rings. The van der Waals surface area contributed by atoms with E-state index in [-0.39, 0.29) is 41.1 Å². The molecule has 50 heavy (non-hydrogen) atoms. The molecule has 0 aliphatic heterocycles. The third-order valence-corrected chi connectivity index (χ3v) is 10.7. The fourth-order valence-corrected chi connectivity index (χ4v) is 8.24. The van der Waals surface area contributed by atoms with Crippen LogP contribution < -0.4 is 0 Å². The Balaban J connectivity index is 1.16. The Bertz CT molecular complexity index is 3110. The van der Waals surface area contributed by atoms with Gasteiger partial charge in [0.15, 0.2) is 17.5 Å². The van der Waals surface area contributed by atoms with E-state index in [4.69, 9.17) is 20.4 Å². The van der Waals surface area contributed by atoms with Gasteiger partial charge in [0, 0.05) is 36.9 Å². The number of hydrogen-bond acceptors (Lipinski definition) is 4. The quantitative estimate of drug-likeness (QED) is 0.177. The van der Waals surface area contributed by atoms with Crippen LogP contribution in [0.1, 0.15) is 11.0 Å². The number of nitrogens with zero attached hydrogens (tertiary/aromatic N) is 3. The summed E-state index contributed by atoms with van der Waals surface area (Å²) in [4.78, 5) is 14.6. The molecular formula is C46H29N3S. The molecule has 0 saturated heterocycles. The van der Waals surface area contributed by atoms with Crippen molar-refractivity contribution in [2.45, 2.75) is 6.92 Å². The standard InChI is InChI=1S/C46H29N3S/c1-28-18-20-30(21-19-28)45-47-44(29-10-3-2-4-11-29)48-46(49-45)39-17-9-16-38-41-27-32(23-25-42(41)50-43(38)39)31-22-24-37-35-14-6-5-12-33(35)34-13-7-8-15-36(34)40(37)26-31/h2-27H,1H3/i18D,19D,20D,21D. The van der Waals surface area contributed by atoms with Gasteiger partial charge in [-0.05, 0) is 74.6 Å². The van der Waals surface area contributed by atoms with Crippen molar-refractivity contribution in [2.24, 2.45) is 0 Å². The molecule has 0 fully saturated rings. The first-order chi connectivity index (χ1) is 26.4. The second-order valence-electron chi connectivity index (χ2n) is 12.5. The fourth-order valence-electron chi connectivity index (χ4n) is 7.05. The third-order valence-electron chi connectivity index (χ3n) is 9.46. The molecule has 2 aromatic heterocycles. The summed E-state index contributed by atoms with van der Waals surface area (Å²) in [5.74, 6) is 0.903. The molecular weight excluding hydrogens is 627 g/mol. The van der Waals surface area contributed by atoms with Gasteiger partial charge in [0.1, 0.15) is 0 Å². The fraction of sp³-hybridized carbons (Fsp3) is 0.0217. The van der Waals surface area contributed by atoms with Crippen molar-refractivity contribution >= 4 is 63.8 Å². The molecule has 8 aromatic carbocycles. The van der Waals surface area contributed by atoms with Crippen LogP contribution in [0.4, 0.5) is 0 Å². The molecule has 0 atom stereocenters. The van der Waals surface area contributed by atoms with Gasteiger partial charge in [-0.2, -0.15) is 0 Å². The number of rotatable bonds is 4. The first kappa shape index (κ1) is 24.8. The van der Waals surface area contributed by atoms with Gasteiger partial charge in [0.2, 0.25) is 0 Å². The minimum atomic E-state index is -0.174. The molecule has 234 valence electrons. The van der Waals surface area contributed by atoms with Gasteiger partial charge in [-0.3, -0.25) is 0 Å². The molecule has 0 bridgehead atoms. The Hall–Kier alpha value is -6.23. The SMILES string of the molecule is [2H]c1c([2H])c(-c2nc(-c3ccccc3)nc(-c3cccc4c3sc3ccc(-c5ccc6c7ccccc7c7ccccc7c6c5)cc34)n2)c([2H])c([2H])c1C. The van der Waals surface area contributed by atoms with E-state index in [1.165, 1.54) is 32.3 Å². The third kappa shape index (κ3) is 4.68. The predicted molar refractivity (Wildman–Crippen MR) is 212 cm³/mol. The summed E-state index contributed by atoms with van der Waals surface area (Å²) in [5, 5.41) is 9.69. The number of hydrogen-bond donors (Lipinski definition) is 0. The number of aromatic nitrogens is 3. The highest BCUT2D eigenvalue weighted by molar-refractivity contribution is 7.26. The predicted octanol–water partition coefficient (Wildman–Crippen LogP) is 12.7. The van der Waals surface area contributed by atoms with Gasteiger partial charge < -0.3 is 0 Å². The van der Waals surface area contributed by atoms with Crippen LogP contribution in [0.15, 0.2) is 158 Å². The second kappa shape index (κ2) is 11.4. The monoisotopic (exact) mass is 659 g/mol. The molecule has 10 aromatic rings. The normalized spacial score (nSPS) is 12.8. The van der Waals surface area contributed by atoms with Crippen molar-refractivity contribution in [1.82, 2.24) is 15.0 Å². The lowest BCUT2D eigenvalue weighted by molar-refractivity contribution is 1.08. The average Bonchev–Trinajstić information content (AvgIpc) is 3.61. The zero-order valence-electron chi connectivity index (χ0n) is 31.0. The molecule has 0 amide bonds. The summed E-state index contributed by atoms with van der Waals surface area (Å²) >= 11 is 1.67. The van der Waals surface area contributed by atoms with Crippen molar-refractivity contribution in [1.29, 1.82) is 0 Å². The highest BCUT2D eigenvalue weighted by Crippen LogP contribution is 2.42. The van der Waals surface area contributed by atoms with E-state index in [0.717, 1.165) is 42.4 Å². The minimum absolute atomic E-state index is 0.0562. The lowest BCUT2D eigenvalue weighted by atomic mass is 9.92. The molecule has 0 unspecified atom stereocenters. The largest absolute Gasteiger partial charge is 0.208 e. The average molecular weight is 660 g/mol. The highest BCUT2D eigenvalue weighted by Gasteiger charge is 2.17. The molecule has 0 aliphatic carbocycles. The maximum atomic E-state index is 8.79. The van der Waals surface area contributed by atoms with Gasteiger partial charge in [0.05, 0.1) is 5.48 Å². The van der Waals surface area contributed by atoms with Crippen LogP contribution >= 0.6 is 11.3 Å². The summed E-state index contributed by atoms with van der Waals surface area (Å²) in [6, 6.07) is 45.8. The zero-order chi connectivity index (χ0) is 36.7. The smallest absolute Gasteiger partial charge is 0.165 e. The van der Waals surface area contributed by atoms with Gasteiger partial charge >= 0.3 is 0 Å². The Morgan fingerprint density at radius 2 is 0.960 bits per heavy atom. The van der Waals surface area contributed by atoms with Crippen molar-refractivity contribution in [3.05, 3.63) is 163 Å². The summed E-state index contributed by atoms with van der Waals surface area (Å²) in [6.45, 7) is 1.59. The molecule has 3 nitrogen and oxygen atoms in total. The topological polar surface area (TPSA) is 38.7 Å². The van der Waals surface area contributed by atoms with E-state index < -0.39 is 0 Å². The summed E-state index contributed by atoms with van der Waals surface area (Å²) in [5.41, 5.74) is 4.18.